The van der Waals surface area contributed by atoms with Crippen molar-refractivity contribution in [2.45, 2.75) is 62.6 Å². The number of hydrogen-bond acceptors (Lipinski definition) is 4. The average molecular weight is 603 g/mol. The first-order chi connectivity index (χ1) is 19.1. The Bertz CT molecular complexity index is 1410. The second kappa shape index (κ2) is 13.5. The number of rotatable bonds is 10. The van der Waals surface area contributed by atoms with E-state index in [1.807, 2.05) is 0 Å². The van der Waals surface area contributed by atoms with E-state index < -0.39 is 28.5 Å². The Kier molecular flexibility index (Phi) is 10.1. The summed E-state index contributed by atoms with van der Waals surface area (Å²) in [5.74, 6) is -0.796. The molecule has 10 heteroatoms. The molecule has 1 saturated carbocycles. The molecule has 0 saturated heterocycles. The van der Waals surface area contributed by atoms with Crippen molar-refractivity contribution in [2.24, 2.45) is 0 Å². The Morgan fingerprint density at radius 1 is 0.900 bits per heavy atom. The zero-order chi connectivity index (χ0) is 28.7. The van der Waals surface area contributed by atoms with Crippen LogP contribution in [0.2, 0.25) is 10.0 Å². The van der Waals surface area contributed by atoms with Crippen LogP contribution in [-0.2, 0) is 26.2 Å². The lowest BCUT2D eigenvalue weighted by Gasteiger charge is -2.33. The van der Waals surface area contributed by atoms with Crippen molar-refractivity contribution in [3.63, 3.8) is 0 Å². The van der Waals surface area contributed by atoms with Gasteiger partial charge >= 0.3 is 0 Å². The summed E-state index contributed by atoms with van der Waals surface area (Å²) in [7, 11) is -4.14. The number of anilines is 1. The molecule has 0 unspecified atom stereocenters. The normalized spacial score (nSPS) is 14.8. The number of hydrogen-bond donors (Lipinski definition) is 1. The molecule has 0 spiro atoms. The molecule has 3 aromatic rings. The Hall–Kier alpha value is -3.07. The number of amides is 2. The highest BCUT2D eigenvalue weighted by atomic mass is 35.5. The van der Waals surface area contributed by atoms with Crippen LogP contribution < -0.4 is 9.62 Å². The maximum Gasteiger partial charge on any atom is 0.264 e. The van der Waals surface area contributed by atoms with E-state index in [4.69, 9.17) is 23.2 Å². The Balaban J connectivity index is 1.66. The summed E-state index contributed by atoms with van der Waals surface area (Å²) in [4.78, 5) is 28.8. The molecule has 1 atom stereocenters. The number of carbonyl (C=O) groups is 2. The fraction of sp³-hybridized carbons (Fsp3) is 0.333. The van der Waals surface area contributed by atoms with E-state index >= 15 is 0 Å². The van der Waals surface area contributed by atoms with Crippen molar-refractivity contribution in [3.8, 4) is 0 Å². The maximum absolute atomic E-state index is 14.0. The fourth-order valence-electron chi connectivity index (χ4n) is 4.82. The van der Waals surface area contributed by atoms with Crippen molar-refractivity contribution in [2.75, 3.05) is 10.8 Å². The highest BCUT2D eigenvalue weighted by molar-refractivity contribution is 7.92. The summed E-state index contributed by atoms with van der Waals surface area (Å²) in [6.45, 7) is 1.25. The van der Waals surface area contributed by atoms with Gasteiger partial charge in [-0.15, -0.1) is 0 Å². The van der Waals surface area contributed by atoms with Gasteiger partial charge in [0.1, 0.15) is 12.6 Å². The van der Waals surface area contributed by atoms with Gasteiger partial charge in [0, 0.05) is 22.6 Å². The Morgan fingerprint density at radius 2 is 1.57 bits per heavy atom. The van der Waals surface area contributed by atoms with Gasteiger partial charge in [-0.3, -0.25) is 13.9 Å². The summed E-state index contributed by atoms with van der Waals surface area (Å²) >= 11 is 12.3. The highest BCUT2D eigenvalue weighted by Gasteiger charge is 2.33. The molecule has 1 N–H and O–H groups in total. The van der Waals surface area contributed by atoms with Gasteiger partial charge in [0.2, 0.25) is 11.8 Å². The molecule has 0 aliphatic heterocycles. The van der Waals surface area contributed by atoms with Crippen LogP contribution in [0.4, 0.5) is 5.69 Å². The zero-order valence-electron chi connectivity index (χ0n) is 22.3. The van der Waals surface area contributed by atoms with Crippen LogP contribution >= 0.6 is 23.2 Å². The van der Waals surface area contributed by atoms with E-state index in [0.29, 0.717) is 10.0 Å². The van der Waals surface area contributed by atoms with Crippen molar-refractivity contribution >= 4 is 50.7 Å². The first-order valence-corrected chi connectivity index (χ1v) is 15.5. The minimum Gasteiger partial charge on any atom is -0.352 e. The van der Waals surface area contributed by atoms with Gasteiger partial charge in [0.05, 0.1) is 10.6 Å². The van der Waals surface area contributed by atoms with Crippen LogP contribution in [0.1, 0.15) is 44.6 Å². The van der Waals surface area contributed by atoms with Gasteiger partial charge in [-0.1, -0.05) is 78.9 Å². The standard InChI is InChI=1S/C30H33Cl2N3O4S/c1-22(30(37)33-26-10-4-2-5-11-26)34(20-23-15-17-24(31)18-16-23)29(36)21-35(27-12-8-9-25(32)19-27)40(38,39)28-13-6-3-7-14-28/h3,6-9,12-19,22,26H,2,4-5,10-11,20-21H2,1H3,(H,33,37)/t22-/m1/s1. The topological polar surface area (TPSA) is 86.8 Å². The molecule has 1 fully saturated rings. The Labute approximate surface area is 246 Å². The molecule has 4 rings (SSSR count). The summed E-state index contributed by atoms with van der Waals surface area (Å²) < 4.78 is 28.6. The highest BCUT2D eigenvalue weighted by Crippen LogP contribution is 2.27. The van der Waals surface area contributed by atoms with Crippen molar-refractivity contribution in [1.82, 2.24) is 10.2 Å². The molecule has 0 bridgehead atoms. The third-order valence-electron chi connectivity index (χ3n) is 7.09. The summed E-state index contributed by atoms with van der Waals surface area (Å²) in [6.07, 6.45) is 5.07. The molecule has 1 aliphatic rings. The number of sulfonamides is 1. The minimum atomic E-state index is -4.14. The molecular formula is C30H33Cl2N3O4S. The van der Waals surface area contributed by atoms with Gasteiger partial charge in [-0.05, 0) is 67.8 Å². The Morgan fingerprint density at radius 3 is 2.23 bits per heavy atom. The first-order valence-electron chi connectivity index (χ1n) is 13.3. The fourth-order valence-corrected chi connectivity index (χ4v) is 6.56. The van der Waals surface area contributed by atoms with Gasteiger partial charge in [0.25, 0.3) is 10.0 Å². The summed E-state index contributed by atoms with van der Waals surface area (Å²) in [5.41, 5.74) is 1.01. The monoisotopic (exact) mass is 601 g/mol. The van der Waals surface area contributed by atoms with Crippen LogP contribution in [0.5, 0.6) is 0 Å². The van der Waals surface area contributed by atoms with E-state index in [1.54, 1.807) is 67.6 Å². The molecule has 3 aromatic carbocycles. The quantitative estimate of drug-likeness (QED) is 0.306. The van der Waals surface area contributed by atoms with E-state index in [-0.39, 0.29) is 29.1 Å². The summed E-state index contributed by atoms with van der Waals surface area (Å²) in [5, 5.41) is 3.97. The second-order valence-corrected chi connectivity index (χ2v) is 12.7. The second-order valence-electron chi connectivity index (χ2n) is 9.97. The molecular weight excluding hydrogens is 569 g/mol. The molecule has 0 radical (unpaired) electrons. The van der Waals surface area contributed by atoms with E-state index in [2.05, 4.69) is 5.32 Å². The predicted molar refractivity (Wildman–Crippen MR) is 159 cm³/mol. The van der Waals surface area contributed by atoms with Gasteiger partial charge in [0.15, 0.2) is 0 Å². The van der Waals surface area contributed by atoms with Gasteiger partial charge in [-0.25, -0.2) is 8.42 Å². The van der Waals surface area contributed by atoms with Crippen LogP contribution in [-0.4, -0.2) is 43.8 Å². The zero-order valence-corrected chi connectivity index (χ0v) is 24.6. The SMILES string of the molecule is C[C@H](C(=O)NC1CCCCC1)N(Cc1ccc(Cl)cc1)C(=O)CN(c1cccc(Cl)c1)S(=O)(=O)c1ccccc1. The van der Waals surface area contributed by atoms with Crippen LogP contribution in [0, 0.1) is 0 Å². The molecule has 0 heterocycles. The van der Waals surface area contributed by atoms with Gasteiger partial charge < -0.3 is 10.2 Å². The van der Waals surface area contributed by atoms with Crippen LogP contribution in [0.15, 0.2) is 83.8 Å². The number of benzene rings is 3. The van der Waals surface area contributed by atoms with Crippen molar-refractivity contribution in [3.05, 3.63) is 94.5 Å². The van der Waals surface area contributed by atoms with E-state index in [1.165, 1.54) is 23.1 Å². The molecule has 40 heavy (non-hydrogen) atoms. The molecule has 0 aromatic heterocycles. The molecule has 7 nitrogen and oxygen atoms in total. The van der Waals surface area contributed by atoms with Crippen LogP contribution in [0.25, 0.3) is 0 Å². The molecule has 2 amide bonds. The van der Waals surface area contributed by atoms with Crippen LogP contribution in [0.3, 0.4) is 0 Å². The van der Waals surface area contributed by atoms with Crippen molar-refractivity contribution < 1.29 is 18.0 Å². The number of halogens is 2. The lowest BCUT2D eigenvalue weighted by atomic mass is 9.95. The van der Waals surface area contributed by atoms with E-state index in [0.717, 1.165) is 42.0 Å². The van der Waals surface area contributed by atoms with Crippen molar-refractivity contribution in [1.29, 1.82) is 0 Å². The third-order valence-corrected chi connectivity index (χ3v) is 9.37. The van der Waals surface area contributed by atoms with E-state index in [9.17, 15) is 18.0 Å². The molecule has 1 aliphatic carbocycles. The number of nitrogens with zero attached hydrogens (tertiary/aromatic N) is 2. The smallest absolute Gasteiger partial charge is 0.264 e. The average Bonchev–Trinajstić information content (AvgIpc) is 2.96. The maximum atomic E-state index is 14.0. The third kappa shape index (κ3) is 7.56. The predicted octanol–water partition coefficient (Wildman–Crippen LogP) is 6.05. The number of nitrogens with one attached hydrogen (secondary N) is 1. The lowest BCUT2D eigenvalue weighted by molar-refractivity contribution is -0.139. The lowest BCUT2D eigenvalue weighted by Crippen LogP contribution is -2.53. The molecule has 212 valence electrons. The summed E-state index contributed by atoms with van der Waals surface area (Å²) in [6, 6.07) is 20.5. The largest absolute Gasteiger partial charge is 0.352 e. The first kappa shape index (κ1) is 29.9. The van der Waals surface area contributed by atoms with Gasteiger partial charge in [-0.2, -0.15) is 0 Å². The minimum absolute atomic E-state index is 0.0371. The number of carbonyl (C=O) groups excluding carboxylic acids is 2.